The maximum Gasteiger partial charge on any atom is 0.335 e. The number of carbonyl (C=O) groups is 2. The van der Waals surface area contributed by atoms with Crippen molar-refractivity contribution in [1.29, 1.82) is 0 Å². The van der Waals surface area contributed by atoms with Crippen molar-refractivity contribution in [2.24, 2.45) is 5.92 Å². The van der Waals surface area contributed by atoms with Gasteiger partial charge in [-0.15, -0.1) is 0 Å². The molecule has 0 heterocycles. The molecule has 2 amide bonds. The van der Waals surface area contributed by atoms with Gasteiger partial charge in [-0.1, -0.05) is 0 Å². The number of hydrogen-bond acceptors (Lipinski definition) is 3. The Morgan fingerprint density at radius 1 is 1.25 bits per heavy atom. The maximum atomic E-state index is 11.5. The molecular weight excluding hydrogens is 260 g/mol. The topological polar surface area (TPSA) is 87.7 Å². The first-order valence-corrected chi connectivity index (χ1v) is 6.61. The van der Waals surface area contributed by atoms with Crippen molar-refractivity contribution >= 4 is 17.7 Å². The lowest BCUT2D eigenvalue weighted by Crippen LogP contribution is -2.31. The maximum absolute atomic E-state index is 11.5. The summed E-state index contributed by atoms with van der Waals surface area (Å²) >= 11 is 0. The summed E-state index contributed by atoms with van der Waals surface area (Å²) in [7, 11) is 0. The highest BCUT2D eigenvalue weighted by Gasteiger charge is 2.20. The van der Waals surface area contributed by atoms with Gasteiger partial charge in [-0.25, -0.2) is 9.59 Å². The van der Waals surface area contributed by atoms with E-state index >= 15 is 0 Å². The minimum Gasteiger partial charge on any atom is -0.478 e. The predicted molar refractivity (Wildman–Crippen MR) is 74.0 cm³/mol. The smallest absolute Gasteiger partial charge is 0.335 e. The molecule has 6 heteroatoms. The number of carboxylic acids is 1. The first kappa shape index (κ1) is 14.3. The Bertz CT molecular complexity index is 469. The lowest BCUT2D eigenvalue weighted by Gasteiger charge is -2.08. The Balaban J connectivity index is 1.63. The molecule has 0 spiro atoms. The molecule has 1 aromatic carbocycles. The first-order valence-electron chi connectivity index (χ1n) is 6.61. The summed E-state index contributed by atoms with van der Waals surface area (Å²) in [5, 5.41) is 14.0. The standard InChI is InChI=1S/C14H18N2O4/c17-13(18)11-3-5-12(6-4-11)16-14(19)15-7-8-20-9-10-1-2-10/h3-6,10H,1-2,7-9H2,(H,17,18)(H2,15,16,19). The molecule has 108 valence electrons. The molecule has 3 N–H and O–H groups in total. The van der Waals surface area contributed by atoms with Crippen LogP contribution in [0.15, 0.2) is 24.3 Å². The van der Waals surface area contributed by atoms with Crippen molar-refractivity contribution in [3.8, 4) is 0 Å². The van der Waals surface area contributed by atoms with Crippen molar-refractivity contribution in [1.82, 2.24) is 5.32 Å². The van der Waals surface area contributed by atoms with E-state index in [0.717, 1.165) is 12.5 Å². The highest BCUT2D eigenvalue weighted by atomic mass is 16.5. The zero-order valence-electron chi connectivity index (χ0n) is 11.1. The van der Waals surface area contributed by atoms with E-state index in [4.69, 9.17) is 9.84 Å². The van der Waals surface area contributed by atoms with Crippen LogP contribution in [0.1, 0.15) is 23.2 Å². The molecule has 1 aromatic rings. The van der Waals surface area contributed by atoms with Gasteiger partial charge in [0.05, 0.1) is 12.2 Å². The average Bonchev–Trinajstić information content (AvgIpc) is 3.23. The lowest BCUT2D eigenvalue weighted by atomic mass is 10.2. The van der Waals surface area contributed by atoms with E-state index in [9.17, 15) is 9.59 Å². The van der Waals surface area contributed by atoms with Gasteiger partial charge in [-0.2, -0.15) is 0 Å². The van der Waals surface area contributed by atoms with E-state index in [1.807, 2.05) is 0 Å². The number of amides is 2. The zero-order chi connectivity index (χ0) is 14.4. The fourth-order valence-corrected chi connectivity index (χ4v) is 1.64. The van der Waals surface area contributed by atoms with Crippen LogP contribution in [-0.2, 0) is 4.74 Å². The van der Waals surface area contributed by atoms with Gasteiger partial charge in [0.15, 0.2) is 0 Å². The van der Waals surface area contributed by atoms with Gasteiger partial charge in [0.1, 0.15) is 0 Å². The number of rotatable bonds is 7. The first-order chi connectivity index (χ1) is 9.65. The number of nitrogens with one attached hydrogen (secondary N) is 2. The molecule has 0 atom stereocenters. The summed E-state index contributed by atoms with van der Waals surface area (Å²) < 4.78 is 5.39. The van der Waals surface area contributed by atoms with E-state index < -0.39 is 5.97 Å². The number of ether oxygens (including phenoxy) is 1. The van der Waals surface area contributed by atoms with Crippen LogP contribution in [0, 0.1) is 5.92 Å². The largest absolute Gasteiger partial charge is 0.478 e. The Morgan fingerprint density at radius 2 is 1.95 bits per heavy atom. The molecule has 1 fully saturated rings. The van der Waals surface area contributed by atoms with Crippen LogP contribution in [0.4, 0.5) is 10.5 Å². The molecule has 6 nitrogen and oxygen atoms in total. The minimum atomic E-state index is -0.992. The normalized spacial score (nSPS) is 13.8. The molecule has 1 aliphatic carbocycles. The van der Waals surface area contributed by atoms with Gasteiger partial charge in [0.25, 0.3) is 0 Å². The molecule has 2 rings (SSSR count). The van der Waals surface area contributed by atoms with Gasteiger partial charge < -0.3 is 20.5 Å². The summed E-state index contributed by atoms with van der Waals surface area (Å²) in [5.41, 5.74) is 0.732. The van der Waals surface area contributed by atoms with Crippen molar-refractivity contribution in [3.05, 3.63) is 29.8 Å². The number of hydrogen-bond donors (Lipinski definition) is 3. The summed E-state index contributed by atoms with van der Waals surface area (Å²) in [4.78, 5) is 22.2. The van der Waals surface area contributed by atoms with Crippen molar-refractivity contribution < 1.29 is 19.4 Å². The highest BCUT2D eigenvalue weighted by molar-refractivity contribution is 5.91. The quantitative estimate of drug-likeness (QED) is 0.665. The number of benzene rings is 1. The average molecular weight is 278 g/mol. The molecule has 0 aromatic heterocycles. The monoisotopic (exact) mass is 278 g/mol. The Hall–Kier alpha value is -2.08. The second kappa shape index (κ2) is 6.91. The lowest BCUT2D eigenvalue weighted by molar-refractivity contribution is 0.0697. The van der Waals surface area contributed by atoms with E-state index in [0.29, 0.717) is 18.8 Å². The van der Waals surface area contributed by atoms with Gasteiger partial charge in [-0.3, -0.25) is 0 Å². The van der Waals surface area contributed by atoms with E-state index in [1.54, 1.807) is 12.1 Å². The third-order valence-corrected chi connectivity index (χ3v) is 2.97. The Morgan fingerprint density at radius 3 is 2.55 bits per heavy atom. The van der Waals surface area contributed by atoms with Crippen LogP contribution in [0.5, 0.6) is 0 Å². The van der Waals surface area contributed by atoms with E-state index in [-0.39, 0.29) is 11.6 Å². The molecule has 0 bridgehead atoms. The summed E-state index contributed by atoms with van der Waals surface area (Å²) in [6.45, 7) is 1.73. The Kier molecular flexibility index (Phi) is 4.95. The summed E-state index contributed by atoms with van der Waals surface area (Å²) in [6.07, 6.45) is 2.50. The fraction of sp³-hybridized carbons (Fsp3) is 0.429. The van der Waals surface area contributed by atoms with Crippen molar-refractivity contribution in [2.75, 3.05) is 25.1 Å². The molecule has 0 unspecified atom stereocenters. The van der Waals surface area contributed by atoms with Gasteiger partial charge >= 0.3 is 12.0 Å². The predicted octanol–water partition coefficient (Wildman–Crippen LogP) is 1.93. The van der Waals surface area contributed by atoms with Crippen LogP contribution >= 0.6 is 0 Å². The van der Waals surface area contributed by atoms with Crippen LogP contribution in [0.3, 0.4) is 0 Å². The van der Waals surface area contributed by atoms with Crippen LogP contribution in [0.25, 0.3) is 0 Å². The molecule has 20 heavy (non-hydrogen) atoms. The molecule has 0 radical (unpaired) electrons. The van der Waals surface area contributed by atoms with Crippen LogP contribution in [0.2, 0.25) is 0 Å². The fourth-order valence-electron chi connectivity index (χ4n) is 1.64. The summed E-state index contributed by atoms with van der Waals surface area (Å²) in [6, 6.07) is 5.65. The second-order valence-electron chi connectivity index (χ2n) is 4.78. The number of carbonyl (C=O) groups excluding carboxylic acids is 1. The van der Waals surface area contributed by atoms with E-state index in [2.05, 4.69) is 10.6 Å². The highest BCUT2D eigenvalue weighted by Crippen LogP contribution is 2.28. The number of carboxylic acid groups (broad SMARTS) is 1. The van der Waals surface area contributed by atoms with Gasteiger partial charge in [0, 0.05) is 18.8 Å². The third kappa shape index (κ3) is 4.89. The molecule has 0 aliphatic heterocycles. The molecule has 1 saturated carbocycles. The second-order valence-corrected chi connectivity index (χ2v) is 4.78. The van der Waals surface area contributed by atoms with Gasteiger partial charge in [0.2, 0.25) is 0 Å². The SMILES string of the molecule is O=C(NCCOCC1CC1)Nc1ccc(C(=O)O)cc1. The van der Waals surface area contributed by atoms with Crippen LogP contribution in [-0.4, -0.2) is 36.9 Å². The number of urea groups is 1. The molecule has 1 aliphatic rings. The molecule has 0 saturated heterocycles. The zero-order valence-corrected chi connectivity index (χ0v) is 11.1. The summed E-state index contributed by atoms with van der Waals surface area (Å²) in [5.74, 6) is -0.273. The number of anilines is 1. The van der Waals surface area contributed by atoms with Crippen LogP contribution < -0.4 is 10.6 Å². The van der Waals surface area contributed by atoms with E-state index in [1.165, 1.54) is 25.0 Å². The van der Waals surface area contributed by atoms with Crippen molar-refractivity contribution in [2.45, 2.75) is 12.8 Å². The minimum absolute atomic E-state index is 0.185. The third-order valence-electron chi connectivity index (χ3n) is 2.97. The molecular formula is C14H18N2O4. The Labute approximate surface area is 117 Å². The van der Waals surface area contributed by atoms with Gasteiger partial charge in [-0.05, 0) is 43.0 Å². The number of aromatic carboxylic acids is 1. The van der Waals surface area contributed by atoms with Crippen molar-refractivity contribution in [3.63, 3.8) is 0 Å².